The lowest BCUT2D eigenvalue weighted by atomic mass is 10.1. The van der Waals surface area contributed by atoms with Crippen LogP contribution in [-0.4, -0.2) is 38.7 Å². The van der Waals surface area contributed by atoms with E-state index >= 15 is 0 Å². The third-order valence-electron chi connectivity index (χ3n) is 5.05. The second-order valence-electron chi connectivity index (χ2n) is 7.47. The minimum absolute atomic E-state index is 0.0151. The summed E-state index contributed by atoms with van der Waals surface area (Å²) in [5, 5.41) is 23.7. The van der Waals surface area contributed by atoms with Gasteiger partial charge in [0.05, 0.1) is 5.69 Å². The number of hydrogen-bond donors (Lipinski definition) is 6. The van der Waals surface area contributed by atoms with Crippen molar-refractivity contribution in [3.8, 4) is 22.7 Å². The molecular weight excluding hydrogens is 406 g/mol. The van der Waals surface area contributed by atoms with Crippen LogP contribution in [0.3, 0.4) is 0 Å². The predicted molar refractivity (Wildman–Crippen MR) is 125 cm³/mol. The highest BCUT2D eigenvalue weighted by Crippen LogP contribution is 2.25. The van der Waals surface area contributed by atoms with E-state index in [1.54, 1.807) is 24.4 Å². The molecule has 0 aliphatic heterocycles. The van der Waals surface area contributed by atoms with E-state index in [0.717, 1.165) is 40.9 Å². The number of nitrogens with one attached hydrogen (secondary N) is 4. The van der Waals surface area contributed by atoms with Gasteiger partial charge >= 0.3 is 5.69 Å². The van der Waals surface area contributed by atoms with Crippen LogP contribution >= 0.6 is 0 Å². The van der Waals surface area contributed by atoms with Crippen LogP contribution in [0.25, 0.3) is 28.0 Å². The van der Waals surface area contributed by atoms with Crippen molar-refractivity contribution in [1.29, 1.82) is 5.41 Å². The first-order valence-corrected chi connectivity index (χ1v) is 10.3. The number of H-pyrrole nitrogens is 1. The lowest BCUT2D eigenvalue weighted by molar-refractivity contribution is 0.475. The molecule has 9 nitrogen and oxygen atoms in total. The van der Waals surface area contributed by atoms with Crippen LogP contribution < -0.4 is 22.1 Å². The third-order valence-corrected chi connectivity index (χ3v) is 5.05. The summed E-state index contributed by atoms with van der Waals surface area (Å²) < 4.78 is 1.52. The topological polar surface area (TPSA) is 145 Å². The normalized spacial score (nSPS) is 11.0. The van der Waals surface area contributed by atoms with E-state index in [1.807, 2.05) is 36.4 Å². The zero-order valence-corrected chi connectivity index (χ0v) is 17.4. The number of nitrogens with zero attached hydrogens (tertiary/aromatic N) is 2. The number of aromatic nitrogens is 3. The molecule has 9 heteroatoms. The summed E-state index contributed by atoms with van der Waals surface area (Å²) in [6.45, 7) is 2.17. The third kappa shape index (κ3) is 4.96. The Labute approximate surface area is 184 Å². The molecule has 0 spiro atoms. The zero-order chi connectivity index (χ0) is 22.5. The molecular formula is C23H25N7O2. The van der Waals surface area contributed by atoms with E-state index in [0.29, 0.717) is 18.7 Å². The summed E-state index contributed by atoms with van der Waals surface area (Å²) in [7, 11) is 0. The van der Waals surface area contributed by atoms with Crippen molar-refractivity contribution in [3.63, 3.8) is 0 Å². The molecule has 2 heterocycles. The van der Waals surface area contributed by atoms with Gasteiger partial charge in [-0.15, -0.1) is 0 Å². The van der Waals surface area contributed by atoms with Crippen molar-refractivity contribution >= 4 is 17.0 Å². The van der Waals surface area contributed by atoms with E-state index in [2.05, 4.69) is 20.6 Å². The summed E-state index contributed by atoms with van der Waals surface area (Å²) in [4.78, 5) is 19.9. The van der Waals surface area contributed by atoms with Crippen LogP contribution in [-0.2, 0) is 6.54 Å². The molecule has 0 aliphatic carbocycles. The Bertz CT molecular complexity index is 1290. The van der Waals surface area contributed by atoms with Gasteiger partial charge in [0.2, 0.25) is 0 Å². The maximum Gasteiger partial charge on any atom is 0.354 e. The Morgan fingerprint density at radius 1 is 1.16 bits per heavy atom. The minimum Gasteiger partial charge on any atom is -0.508 e. The Kier molecular flexibility index (Phi) is 6.18. The van der Waals surface area contributed by atoms with Crippen LogP contribution in [0.4, 0.5) is 0 Å². The molecule has 7 N–H and O–H groups in total. The summed E-state index contributed by atoms with van der Waals surface area (Å²) in [6.07, 6.45) is 2.63. The van der Waals surface area contributed by atoms with Gasteiger partial charge in [-0.25, -0.2) is 4.79 Å². The molecule has 0 saturated heterocycles. The first kappa shape index (κ1) is 21.1. The number of fused-ring (bicyclic) bond motifs is 1. The highest BCUT2D eigenvalue weighted by molar-refractivity contribution is 5.82. The van der Waals surface area contributed by atoms with E-state index < -0.39 is 0 Å². The van der Waals surface area contributed by atoms with Gasteiger partial charge in [-0.1, -0.05) is 24.3 Å². The quantitative estimate of drug-likeness (QED) is 0.143. The summed E-state index contributed by atoms with van der Waals surface area (Å²) in [6, 6.07) is 16.6. The number of rotatable bonds is 8. The molecule has 4 rings (SSSR count). The summed E-state index contributed by atoms with van der Waals surface area (Å²) in [5.74, 6) is 0.162. The fourth-order valence-corrected chi connectivity index (χ4v) is 3.45. The van der Waals surface area contributed by atoms with Crippen LogP contribution in [0.1, 0.15) is 12.0 Å². The fraction of sp³-hybridized carbons (Fsp3) is 0.174. The van der Waals surface area contributed by atoms with Crippen molar-refractivity contribution in [1.82, 2.24) is 25.2 Å². The molecule has 4 aromatic rings. The molecule has 32 heavy (non-hydrogen) atoms. The smallest absolute Gasteiger partial charge is 0.354 e. The number of phenols is 1. The maximum absolute atomic E-state index is 12.6. The van der Waals surface area contributed by atoms with Crippen LogP contribution in [0, 0.1) is 5.41 Å². The molecule has 0 aliphatic rings. The standard InChI is InChI=1S/C23H25N7O2/c24-22(25)27-10-2-9-26-13-15-5-7-18(8-6-15)30-14-17-12-20(28-21(17)29-23(30)32)16-3-1-4-19(31)11-16/h1,3-8,11-12,14,26,31H,2,9-10,13H2,(H4,24,25,27)(H,28,29,32). The van der Waals surface area contributed by atoms with Gasteiger partial charge in [0.15, 0.2) is 5.96 Å². The van der Waals surface area contributed by atoms with Gasteiger partial charge in [-0.3, -0.25) is 9.98 Å². The Hall–Kier alpha value is -4.11. The van der Waals surface area contributed by atoms with Gasteiger partial charge in [-0.2, -0.15) is 4.98 Å². The number of guanidine groups is 1. The van der Waals surface area contributed by atoms with E-state index in [9.17, 15) is 9.90 Å². The molecule has 0 radical (unpaired) electrons. The molecule has 0 bridgehead atoms. The monoisotopic (exact) mass is 431 g/mol. The van der Waals surface area contributed by atoms with Crippen molar-refractivity contribution < 1.29 is 5.11 Å². The zero-order valence-electron chi connectivity index (χ0n) is 17.4. The highest BCUT2D eigenvalue weighted by Gasteiger charge is 2.09. The average Bonchev–Trinajstić information content (AvgIpc) is 3.19. The minimum atomic E-state index is -0.370. The number of nitrogens with two attached hydrogens (primary N) is 1. The van der Waals surface area contributed by atoms with E-state index in [1.165, 1.54) is 4.57 Å². The first-order valence-electron chi connectivity index (χ1n) is 10.3. The average molecular weight is 432 g/mol. The molecule has 0 atom stereocenters. The Morgan fingerprint density at radius 2 is 1.97 bits per heavy atom. The molecule has 0 saturated carbocycles. The van der Waals surface area contributed by atoms with Gasteiger partial charge in [0.1, 0.15) is 11.4 Å². The largest absolute Gasteiger partial charge is 0.508 e. The number of hydrogen-bond acceptors (Lipinski definition) is 5. The molecule has 0 unspecified atom stereocenters. The Balaban J connectivity index is 1.46. The number of phenolic OH excluding ortho intramolecular Hbond substituents is 1. The van der Waals surface area contributed by atoms with Crippen LogP contribution in [0.5, 0.6) is 5.75 Å². The van der Waals surface area contributed by atoms with E-state index in [4.69, 9.17) is 11.1 Å². The van der Waals surface area contributed by atoms with Crippen molar-refractivity contribution in [3.05, 3.63) is 76.8 Å². The van der Waals surface area contributed by atoms with Crippen molar-refractivity contribution in [2.24, 2.45) is 5.73 Å². The van der Waals surface area contributed by atoms with Crippen molar-refractivity contribution in [2.45, 2.75) is 13.0 Å². The SMILES string of the molecule is N=C(N)NCCCNCc1ccc(-n2cc3cc(-c4cccc(O)c4)[nH]c3nc2=O)cc1. The lowest BCUT2D eigenvalue weighted by Crippen LogP contribution is -2.32. The molecule has 2 aromatic heterocycles. The van der Waals surface area contributed by atoms with Gasteiger partial charge in [0, 0.05) is 35.9 Å². The number of aromatic amines is 1. The van der Waals surface area contributed by atoms with Crippen molar-refractivity contribution in [2.75, 3.05) is 13.1 Å². The highest BCUT2D eigenvalue weighted by atomic mass is 16.3. The van der Waals surface area contributed by atoms with Gasteiger partial charge in [0.25, 0.3) is 0 Å². The summed E-state index contributed by atoms with van der Waals surface area (Å²) >= 11 is 0. The fourth-order valence-electron chi connectivity index (χ4n) is 3.45. The Morgan fingerprint density at radius 3 is 2.72 bits per heavy atom. The predicted octanol–water partition coefficient (Wildman–Crippen LogP) is 2.05. The van der Waals surface area contributed by atoms with Crippen LogP contribution in [0.2, 0.25) is 0 Å². The van der Waals surface area contributed by atoms with Gasteiger partial charge in [-0.05, 0) is 48.9 Å². The molecule has 0 amide bonds. The van der Waals surface area contributed by atoms with Gasteiger partial charge < -0.3 is 26.5 Å². The maximum atomic E-state index is 12.6. The molecule has 0 fully saturated rings. The summed E-state index contributed by atoms with van der Waals surface area (Å²) in [5.41, 5.74) is 8.81. The van der Waals surface area contributed by atoms with Crippen LogP contribution in [0.15, 0.2) is 65.6 Å². The first-order chi connectivity index (χ1) is 15.5. The van der Waals surface area contributed by atoms with E-state index in [-0.39, 0.29) is 17.4 Å². The second kappa shape index (κ2) is 9.36. The second-order valence-corrected chi connectivity index (χ2v) is 7.47. The lowest BCUT2D eigenvalue weighted by Gasteiger charge is -2.08. The number of aromatic hydroxyl groups is 1. The molecule has 2 aromatic carbocycles. The number of benzene rings is 2. The molecule has 164 valence electrons.